The molecule has 2 bridgehead atoms. The van der Waals surface area contributed by atoms with Crippen LogP contribution in [0.3, 0.4) is 0 Å². The minimum atomic E-state index is -0.776. The van der Waals surface area contributed by atoms with Crippen LogP contribution in [0.25, 0.3) is 0 Å². The number of carbonyl (C=O) groups excluding carboxylic acids is 1. The lowest BCUT2D eigenvalue weighted by molar-refractivity contribution is -0.116. The number of rotatable bonds is 14. The number of nitrogens with one attached hydrogen (secondary N) is 3. The third kappa shape index (κ3) is 11.3. The standard InChI is InChI=1S/C21H26N4O2.C9H22N2/c1-2-22-19(26)15-23-21(27)20-24-17-10-6-7-11-18(14-17)25(20)13-12-16-8-4-3-5-9-16;1-5-9(10-6-2)7-8-11(3)4/h3-11,14,17,19,22,26H,2,12-13,15H2,1H3,(H,23,27);9-10H,5-8H2,1-4H3. The largest absolute Gasteiger partial charge is 0.377 e. The number of aliphatic hydroxyl groups is 1. The van der Waals surface area contributed by atoms with Crippen LogP contribution < -0.4 is 16.0 Å². The second-order valence-corrected chi connectivity index (χ2v) is 9.70. The maximum Gasteiger partial charge on any atom is 0.287 e. The molecule has 1 aromatic carbocycles. The van der Waals surface area contributed by atoms with Crippen LogP contribution in [0.15, 0.2) is 71.4 Å². The van der Waals surface area contributed by atoms with E-state index in [1.165, 1.54) is 24.9 Å². The van der Waals surface area contributed by atoms with E-state index in [2.05, 4.69) is 72.0 Å². The number of aliphatic hydroxyl groups excluding tert-OH is 1. The Bertz CT molecular complexity index is 941. The second-order valence-electron chi connectivity index (χ2n) is 9.70. The molecule has 0 saturated heterocycles. The van der Waals surface area contributed by atoms with Gasteiger partial charge in [0.05, 0.1) is 12.6 Å². The molecule has 4 N–H and O–H groups in total. The summed E-state index contributed by atoms with van der Waals surface area (Å²) in [5, 5.41) is 18.9. The van der Waals surface area contributed by atoms with Gasteiger partial charge < -0.3 is 25.5 Å². The first-order valence-electron chi connectivity index (χ1n) is 13.9. The zero-order valence-corrected chi connectivity index (χ0v) is 23.9. The molecule has 0 aromatic heterocycles. The highest BCUT2D eigenvalue weighted by Gasteiger charge is 2.27. The topological polar surface area (TPSA) is 92.2 Å². The number of aliphatic imine (C=N–C) groups is 1. The number of fused-ring (bicyclic) bond motifs is 1. The second kappa shape index (κ2) is 17.7. The first-order chi connectivity index (χ1) is 18.4. The van der Waals surface area contributed by atoms with Gasteiger partial charge in [0, 0.05) is 18.3 Å². The molecule has 1 amide bonds. The van der Waals surface area contributed by atoms with Gasteiger partial charge in [-0.2, -0.15) is 0 Å². The average molecular weight is 525 g/mol. The smallest absolute Gasteiger partial charge is 0.287 e. The summed E-state index contributed by atoms with van der Waals surface area (Å²) in [6.45, 7) is 9.99. The molecule has 3 unspecified atom stereocenters. The minimum Gasteiger partial charge on any atom is -0.377 e. The maximum atomic E-state index is 12.8. The van der Waals surface area contributed by atoms with E-state index < -0.39 is 6.23 Å². The number of hydrogen-bond acceptors (Lipinski definition) is 7. The number of carbonyl (C=O) groups is 1. The highest BCUT2D eigenvalue weighted by atomic mass is 16.3. The molecule has 1 aliphatic carbocycles. The fraction of sp³-hybridized carbons (Fsp3) is 0.533. The van der Waals surface area contributed by atoms with Crippen molar-refractivity contribution in [1.29, 1.82) is 0 Å². The Morgan fingerprint density at radius 3 is 2.50 bits per heavy atom. The Morgan fingerprint density at radius 1 is 1.11 bits per heavy atom. The van der Waals surface area contributed by atoms with Crippen molar-refractivity contribution in [2.45, 2.75) is 58.3 Å². The van der Waals surface area contributed by atoms with Crippen LogP contribution >= 0.6 is 0 Å². The molecular formula is C30H48N6O2. The van der Waals surface area contributed by atoms with E-state index in [9.17, 15) is 9.90 Å². The Kier molecular flexibility index (Phi) is 14.6. The van der Waals surface area contributed by atoms with Gasteiger partial charge in [0.1, 0.15) is 6.23 Å². The van der Waals surface area contributed by atoms with Gasteiger partial charge in [0.25, 0.3) is 5.91 Å². The molecule has 0 saturated carbocycles. The third-order valence-electron chi connectivity index (χ3n) is 6.34. The molecule has 3 rings (SSSR count). The van der Waals surface area contributed by atoms with Crippen molar-refractivity contribution in [3.8, 4) is 0 Å². The average Bonchev–Trinajstić information content (AvgIpc) is 3.11. The molecule has 0 radical (unpaired) electrons. The summed E-state index contributed by atoms with van der Waals surface area (Å²) in [5.74, 6) is 0.104. The van der Waals surface area contributed by atoms with Crippen molar-refractivity contribution in [2.24, 2.45) is 4.99 Å². The molecular weight excluding hydrogens is 476 g/mol. The number of nitrogens with zero attached hydrogens (tertiary/aromatic N) is 3. The molecule has 1 aliphatic heterocycles. The van der Waals surface area contributed by atoms with Crippen LogP contribution in [0.4, 0.5) is 0 Å². The van der Waals surface area contributed by atoms with Crippen LogP contribution in [0, 0.1) is 0 Å². The lowest BCUT2D eigenvalue weighted by Gasteiger charge is -2.30. The summed E-state index contributed by atoms with van der Waals surface area (Å²) in [6, 6.07) is 10.7. The van der Waals surface area contributed by atoms with Crippen molar-refractivity contribution in [3.63, 3.8) is 0 Å². The Labute approximate surface area is 229 Å². The van der Waals surface area contributed by atoms with Crippen LogP contribution in [0.1, 0.15) is 39.2 Å². The summed E-state index contributed by atoms with van der Waals surface area (Å²) >= 11 is 0. The fourth-order valence-corrected chi connectivity index (χ4v) is 4.24. The highest BCUT2D eigenvalue weighted by Crippen LogP contribution is 2.20. The van der Waals surface area contributed by atoms with Crippen molar-refractivity contribution in [2.75, 3.05) is 46.8 Å². The molecule has 210 valence electrons. The molecule has 1 heterocycles. The van der Waals surface area contributed by atoms with E-state index in [0.717, 1.165) is 18.7 Å². The molecule has 38 heavy (non-hydrogen) atoms. The molecule has 8 nitrogen and oxygen atoms in total. The van der Waals surface area contributed by atoms with E-state index in [0.29, 0.717) is 25.0 Å². The number of benzene rings is 1. The number of amides is 1. The van der Waals surface area contributed by atoms with E-state index >= 15 is 0 Å². The summed E-state index contributed by atoms with van der Waals surface area (Å²) in [5.41, 5.74) is 2.17. The first kappa shape index (κ1) is 31.4. The van der Waals surface area contributed by atoms with Gasteiger partial charge in [-0.15, -0.1) is 0 Å². The zero-order valence-electron chi connectivity index (χ0n) is 23.9. The zero-order chi connectivity index (χ0) is 27.8. The van der Waals surface area contributed by atoms with Crippen molar-refractivity contribution < 1.29 is 9.90 Å². The van der Waals surface area contributed by atoms with E-state index in [-0.39, 0.29) is 18.5 Å². The number of allylic oxidation sites excluding steroid dienone is 3. The van der Waals surface area contributed by atoms with E-state index in [4.69, 9.17) is 0 Å². The number of amidine groups is 1. The molecule has 8 heteroatoms. The van der Waals surface area contributed by atoms with Gasteiger partial charge >= 0.3 is 0 Å². The lowest BCUT2D eigenvalue weighted by atomic mass is 10.1. The maximum absolute atomic E-state index is 12.8. The molecule has 0 spiro atoms. The fourth-order valence-electron chi connectivity index (χ4n) is 4.24. The summed E-state index contributed by atoms with van der Waals surface area (Å²) in [4.78, 5) is 21.6. The summed E-state index contributed by atoms with van der Waals surface area (Å²) in [7, 11) is 4.25. The van der Waals surface area contributed by atoms with Crippen LogP contribution in [0.2, 0.25) is 0 Å². The van der Waals surface area contributed by atoms with Gasteiger partial charge in [-0.3, -0.25) is 15.1 Å². The van der Waals surface area contributed by atoms with Crippen molar-refractivity contribution in [1.82, 2.24) is 25.8 Å². The predicted molar refractivity (Wildman–Crippen MR) is 158 cm³/mol. The van der Waals surface area contributed by atoms with Gasteiger partial charge in [0.15, 0.2) is 5.84 Å². The van der Waals surface area contributed by atoms with Crippen LogP contribution in [-0.4, -0.2) is 91.8 Å². The highest BCUT2D eigenvalue weighted by molar-refractivity contribution is 6.38. The third-order valence-corrected chi connectivity index (χ3v) is 6.34. The Balaban J connectivity index is 0.000000391. The summed E-state index contributed by atoms with van der Waals surface area (Å²) < 4.78 is 0. The first-order valence-corrected chi connectivity index (χ1v) is 13.9. The van der Waals surface area contributed by atoms with Gasteiger partial charge in [-0.25, -0.2) is 0 Å². The van der Waals surface area contributed by atoms with Gasteiger partial charge in [-0.1, -0.05) is 69.3 Å². The van der Waals surface area contributed by atoms with Crippen LogP contribution in [0.5, 0.6) is 0 Å². The molecule has 0 fully saturated rings. The van der Waals surface area contributed by atoms with E-state index in [1.807, 2.05) is 54.3 Å². The van der Waals surface area contributed by atoms with Gasteiger partial charge in [0.2, 0.25) is 0 Å². The van der Waals surface area contributed by atoms with Gasteiger partial charge in [-0.05, 0) is 70.7 Å². The Morgan fingerprint density at radius 2 is 1.84 bits per heavy atom. The quantitative estimate of drug-likeness (QED) is 0.280. The van der Waals surface area contributed by atoms with Crippen LogP contribution in [-0.2, 0) is 11.2 Å². The molecule has 1 aromatic rings. The monoisotopic (exact) mass is 524 g/mol. The predicted octanol–water partition coefficient (Wildman–Crippen LogP) is 2.69. The minimum absolute atomic E-state index is 0.133. The van der Waals surface area contributed by atoms with E-state index in [1.54, 1.807) is 0 Å². The number of likely N-dealkylation sites (N-methyl/N-ethyl adjacent to an activating group) is 1. The molecule has 3 atom stereocenters. The Hall–Kier alpha value is -2.78. The molecule has 2 aliphatic rings. The normalized spacial score (nSPS) is 17.7. The van der Waals surface area contributed by atoms with Crippen molar-refractivity contribution >= 4 is 11.7 Å². The van der Waals surface area contributed by atoms with Crippen molar-refractivity contribution in [3.05, 3.63) is 72.0 Å². The SMILES string of the molecule is CCNC(CC)CCN(C)C.CCNC(O)CNC(=O)C1=NC2C=CC=CC(=C2)N1CCc1ccccc1. The number of hydrogen-bond donors (Lipinski definition) is 4. The summed E-state index contributed by atoms with van der Waals surface area (Å²) in [6.07, 6.45) is 12.4. The lowest BCUT2D eigenvalue weighted by Crippen LogP contribution is -2.49.